The molecule has 1 aromatic rings. The Morgan fingerprint density at radius 1 is 1.56 bits per heavy atom. The molecule has 0 aliphatic rings. The molecule has 0 radical (unpaired) electrons. The van der Waals surface area contributed by atoms with Crippen LogP contribution >= 0.6 is 0 Å². The van der Waals surface area contributed by atoms with E-state index < -0.39 is 5.97 Å². The maximum atomic E-state index is 11.6. The summed E-state index contributed by atoms with van der Waals surface area (Å²) in [5.41, 5.74) is 0.792. The van der Waals surface area contributed by atoms with Crippen LogP contribution < -0.4 is 0 Å². The number of aryl methyl sites for hydroxylation is 1. The van der Waals surface area contributed by atoms with Crippen molar-refractivity contribution in [3.05, 3.63) is 11.9 Å². The first-order valence-electron chi connectivity index (χ1n) is 4.81. The molecule has 1 amide bonds. The molecule has 0 fully saturated rings. The van der Waals surface area contributed by atoms with Crippen molar-refractivity contribution in [2.75, 3.05) is 13.6 Å². The molecule has 0 atom stereocenters. The number of likely N-dealkylation sites (N-methyl/N-ethyl adjacent to an activating group) is 1. The Bertz CT molecular complexity index is 388. The smallest absolute Gasteiger partial charge is 0.305 e. The fraction of sp³-hybridized carbons (Fsp3) is 0.556. The zero-order chi connectivity index (χ0) is 12.1. The normalized spacial score (nSPS) is 10.1. The van der Waals surface area contributed by atoms with Crippen molar-refractivity contribution in [2.24, 2.45) is 0 Å². The summed E-state index contributed by atoms with van der Waals surface area (Å²) in [5, 5.41) is 15.9. The van der Waals surface area contributed by atoms with Gasteiger partial charge in [0.05, 0.1) is 18.3 Å². The van der Waals surface area contributed by atoms with Gasteiger partial charge in [-0.25, -0.2) is 4.68 Å². The van der Waals surface area contributed by atoms with Crippen LogP contribution in [0.5, 0.6) is 0 Å². The minimum atomic E-state index is -0.920. The predicted octanol–water partition coefficient (Wildman–Crippen LogP) is -0.480. The monoisotopic (exact) mass is 226 g/mol. The van der Waals surface area contributed by atoms with Gasteiger partial charge in [0.2, 0.25) is 5.91 Å². The molecular formula is C9H14N4O3. The van der Waals surface area contributed by atoms with Crippen LogP contribution in [-0.2, 0) is 16.1 Å². The van der Waals surface area contributed by atoms with Crippen LogP contribution in [0.2, 0.25) is 0 Å². The number of carbonyl (C=O) groups excluding carboxylic acids is 1. The molecule has 1 N–H and O–H groups in total. The minimum Gasteiger partial charge on any atom is -0.481 e. The van der Waals surface area contributed by atoms with E-state index >= 15 is 0 Å². The van der Waals surface area contributed by atoms with E-state index in [2.05, 4.69) is 10.3 Å². The van der Waals surface area contributed by atoms with E-state index in [4.69, 9.17) is 5.11 Å². The molecule has 0 unspecified atom stereocenters. The Balaban J connectivity index is 2.46. The average Bonchev–Trinajstić information content (AvgIpc) is 2.60. The number of carboxylic acid groups (broad SMARTS) is 1. The lowest BCUT2D eigenvalue weighted by Gasteiger charge is -2.15. The summed E-state index contributed by atoms with van der Waals surface area (Å²) in [5.74, 6) is -1.11. The zero-order valence-corrected chi connectivity index (χ0v) is 9.25. The van der Waals surface area contributed by atoms with Gasteiger partial charge in [0.25, 0.3) is 0 Å². The average molecular weight is 226 g/mol. The molecule has 0 spiro atoms. The SMILES string of the molecule is Cc1cnnn1CC(=O)N(C)CCC(=O)O. The van der Waals surface area contributed by atoms with Gasteiger partial charge in [-0.05, 0) is 6.92 Å². The van der Waals surface area contributed by atoms with Gasteiger partial charge >= 0.3 is 5.97 Å². The molecule has 0 saturated heterocycles. The number of hydrogen-bond donors (Lipinski definition) is 1. The third-order valence-corrected chi connectivity index (χ3v) is 2.18. The molecule has 0 saturated carbocycles. The summed E-state index contributed by atoms with van der Waals surface area (Å²) < 4.78 is 1.47. The van der Waals surface area contributed by atoms with Crippen LogP contribution in [0.4, 0.5) is 0 Å². The predicted molar refractivity (Wildman–Crippen MR) is 54.6 cm³/mol. The van der Waals surface area contributed by atoms with E-state index in [1.165, 1.54) is 9.58 Å². The molecule has 0 bridgehead atoms. The highest BCUT2D eigenvalue weighted by atomic mass is 16.4. The fourth-order valence-corrected chi connectivity index (χ4v) is 1.10. The number of carboxylic acids is 1. The molecular weight excluding hydrogens is 212 g/mol. The van der Waals surface area contributed by atoms with E-state index in [0.29, 0.717) is 0 Å². The highest BCUT2D eigenvalue weighted by Gasteiger charge is 2.12. The van der Waals surface area contributed by atoms with Crippen molar-refractivity contribution in [3.8, 4) is 0 Å². The lowest BCUT2D eigenvalue weighted by molar-refractivity contribution is -0.138. The van der Waals surface area contributed by atoms with Crippen molar-refractivity contribution in [1.29, 1.82) is 0 Å². The first-order valence-corrected chi connectivity index (χ1v) is 4.81. The van der Waals surface area contributed by atoms with Crippen LogP contribution in [0.25, 0.3) is 0 Å². The largest absolute Gasteiger partial charge is 0.481 e. The van der Waals surface area contributed by atoms with Gasteiger partial charge in [0.15, 0.2) is 0 Å². The lowest BCUT2D eigenvalue weighted by Crippen LogP contribution is -2.32. The van der Waals surface area contributed by atoms with E-state index in [1.54, 1.807) is 20.2 Å². The molecule has 7 nitrogen and oxygen atoms in total. The standard InChI is InChI=1S/C9H14N4O3/c1-7-5-10-11-13(7)6-8(14)12(2)4-3-9(15)16/h5H,3-4,6H2,1-2H3,(H,15,16). The highest BCUT2D eigenvalue weighted by Crippen LogP contribution is 1.96. The first kappa shape index (κ1) is 12.2. The van der Waals surface area contributed by atoms with Crippen molar-refractivity contribution in [1.82, 2.24) is 19.9 Å². The van der Waals surface area contributed by atoms with Crippen molar-refractivity contribution in [2.45, 2.75) is 19.9 Å². The Labute approximate surface area is 92.7 Å². The second-order valence-electron chi connectivity index (χ2n) is 3.49. The summed E-state index contributed by atoms with van der Waals surface area (Å²) in [6.45, 7) is 2.08. The van der Waals surface area contributed by atoms with E-state index in [-0.39, 0.29) is 25.4 Å². The molecule has 88 valence electrons. The fourth-order valence-electron chi connectivity index (χ4n) is 1.10. The minimum absolute atomic E-state index is 0.0570. The van der Waals surface area contributed by atoms with Gasteiger partial charge in [-0.15, -0.1) is 5.10 Å². The number of amides is 1. The van der Waals surface area contributed by atoms with Crippen molar-refractivity contribution >= 4 is 11.9 Å². The number of hydrogen-bond acceptors (Lipinski definition) is 4. The van der Waals surface area contributed by atoms with Crippen molar-refractivity contribution < 1.29 is 14.7 Å². The van der Waals surface area contributed by atoms with E-state index in [1.807, 2.05) is 0 Å². The molecule has 0 aliphatic carbocycles. The number of rotatable bonds is 5. The number of aliphatic carboxylic acids is 1. The molecule has 1 heterocycles. The second kappa shape index (κ2) is 5.24. The Morgan fingerprint density at radius 2 is 2.25 bits per heavy atom. The van der Waals surface area contributed by atoms with E-state index in [9.17, 15) is 9.59 Å². The lowest BCUT2D eigenvalue weighted by atomic mass is 10.4. The maximum absolute atomic E-state index is 11.6. The summed E-state index contributed by atoms with van der Waals surface area (Å²) in [4.78, 5) is 23.3. The molecule has 16 heavy (non-hydrogen) atoms. The van der Waals surface area contributed by atoms with Crippen molar-refractivity contribution in [3.63, 3.8) is 0 Å². The Hall–Kier alpha value is -1.92. The van der Waals surface area contributed by atoms with Gasteiger partial charge < -0.3 is 10.0 Å². The maximum Gasteiger partial charge on any atom is 0.305 e. The molecule has 0 aliphatic heterocycles. The Kier molecular flexibility index (Phi) is 3.98. The summed E-state index contributed by atoms with van der Waals surface area (Å²) in [6, 6.07) is 0. The zero-order valence-electron chi connectivity index (χ0n) is 9.25. The topological polar surface area (TPSA) is 88.3 Å². The summed E-state index contributed by atoms with van der Waals surface area (Å²) >= 11 is 0. The third-order valence-electron chi connectivity index (χ3n) is 2.18. The van der Waals surface area contributed by atoms with Gasteiger partial charge in [-0.3, -0.25) is 9.59 Å². The summed E-state index contributed by atoms with van der Waals surface area (Å²) in [7, 11) is 1.57. The number of nitrogens with zero attached hydrogens (tertiary/aromatic N) is 4. The molecule has 0 aromatic carbocycles. The Morgan fingerprint density at radius 3 is 2.75 bits per heavy atom. The first-order chi connectivity index (χ1) is 7.50. The van der Waals surface area contributed by atoms with Crippen LogP contribution in [0, 0.1) is 6.92 Å². The molecule has 1 aromatic heterocycles. The van der Waals surface area contributed by atoms with E-state index in [0.717, 1.165) is 5.69 Å². The van der Waals surface area contributed by atoms with Gasteiger partial charge in [0, 0.05) is 13.6 Å². The summed E-state index contributed by atoms with van der Waals surface area (Å²) in [6.07, 6.45) is 1.50. The third kappa shape index (κ3) is 3.34. The quantitative estimate of drug-likeness (QED) is 0.732. The van der Waals surface area contributed by atoms with Crippen LogP contribution in [0.3, 0.4) is 0 Å². The second-order valence-corrected chi connectivity index (χ2v) is 3.49. The molecule has 1 rings (SSSR count). The molecule has 7 heteroatoms. The highest BCUT2D eigenvalue weighted by molar-refractivity contribution is 5.76. The number of aromatic nitrogens is 3. The van der Waals surface area contributed by atoms with Gasteiger partial charge in [-0.1, -0.05) is 5.21 Å². The van der Waals surface area contributed by atoms with Gasteiger partial charge in [-0.2, -0.15) is 0 Å². The van der Waals surface area contributed by atoms with Crippen LogP contribution in [0.15, 0.2) is 6.20 Å². The number of carbonyl (C=O) groups is 2. The van der Waals surface area contributed by atoms with Gasteiger partial charge in [0.1, 0.15) is 6.54 Å². The van der Waals surface area contributed by atoms with Crippen LogP contribution in [-0.4, -0.2) is 50.5 Å². The van der Waals surface area contributed by atoms with Crippen LogP contribution in [0.1, 0.15) is 12.1 Å².